The Balaban J connectivity index is 1.57. The van der Waals surface area contributed by atoms with Crippen molar-refractivity contribution in [1.82, 2.24) is 10.2 Å². The smallest absolute Gasteiger partial charge is 0.0107 e. The maximum Gasteiger partial charge on any atom is 0.0107 e. The van der Waals surface area contributed by atoms with E-state index in [9.17, 15) is 0 Å². The van der Waals surface area contributed by atoms with Crippen LogP contribution < -0.4 is 5.32 Å². The van der Waals surface area contributed by atoms with Gasteiger partial charge in [-0.2, -0.15) is 0 Å². The van der Waals surface area contributed by atoms with E-state index in [0.717, 1.165) is 12.1 Å². The summed E-state index contributed by atoms with van der Waals surface area (Å²) in [5.74, 6) is 0. The Morgan fingerprint density at radius 1 is 0.882 bits per heavy atom. The predicted molar refractivity (Wildman–Crippen MR) is 74.4 cm³/mol. The fourth-order valence-corrected chi connectivity index (χ4v) is 3.46. The van der Waals surface area contributed by atoms with Crippen LogP contribution in [-0.2, 0) is 0 Å². The second-order valence-electron chi connectivity index (χ2n) is 6.06. The van der Waals surface area contributed by atoms with Crippen molar-refractivity contribution in [2.24, 2.45) is 0 Å². The zero-order valence-electron chi connectivity index (χ0n) is 11.6. The molecule has 0 unspecified atom stereocenters. The number of hydrogen-bond donors (Lipinski definition) is 1. The lowest BCUT2D eigenvalue weighted by Crippen LogP contribution is -2.41. The zero-order valence-corrected chi connectivity index (χ0v) is 11.6. The molecule has 2 nitrogen and oxygen atoms in total. The van der Waals surface area contributed by atoms with Crippen LogP contribution in [0.5, 0.6) is 0 Å². The standard InChI is InChI=1S/C15H30N2/c1-17(15-10-6-3-7-11-15)13-12-16-14-8-4-2-5-9-14/h14-16H,2-13H2,1H3. The number of hydrogen-bond acceptors (Lipinski definition) is 2. The van der Waals surface area contributed by atoms with Gasteiger partial charge in [-0.3, -0.25) is 0 Å². The highest BCUT2D eigenvalue weighted by Crippen LogP contribution is 2.21. The van der Waals surface area contributed by atoms with Crippen LogP contribution >= 0.6 is 0 Å². The first-order valence-corrected chi connectivity index (χ1v) is 7.80. The number of rotatable bonds is 5. The minimum Gasteiger partial charge on any atom is -0.313 e. The molecule has 0 heterocycles. The lowest BCUT2D eigenvalue weighted by molar-refractivity contribution is 0.188. The average Bonchev–Trinajstić information content (AvgIpc) is 2.41. The number of likely N-dealkylation sites (N-methyl/N-ethyl adjacent to an activating group) is 1. The van der Waals surface area contributed by atoms with Gasteiger partial charge in [0.2, 0.25) is 0 Å². The van der Waals surface area contributed by atoms with E-state index in [-0.39, 0.29) is 0 Å². The SMILES string of the molecule is CN(CCNC1CCCCC1)C1CCCCC1. The summed E-state index contributed by atoms with van der Waals surface area (Å²) in [7, 11) is 2.32. The summed E-state index contributed by atoms with van der Waals surface area (Å²) in [4.78, 5) is 2.59. The molecule has 0 radical (unpaired) electrons. The van der Waals surface area contributed by atoms with Gasteiger partial charge in [0.05, 0.1) is 0 Å². The fourth-order valence-electron chi connectivity index (χ4n) is 3.46. The van der Waals surface area contributed by atoms with Crippen molar-refractivity contribution in [3.63, 3.8) is 0 Å². The molecule has 17 heavy (non-hydrogen) atoms. The molecule has 0 atom stereocenters. The van der Waals surface area contributed by atoms with Crippen molar-refractivity contribution in [2.75, 3.05) is 20.1 Å². The summed E-state index contributed by atoms with van der Waals surface area (Å²) in [5.41, 5.74) is 0. The van der Waals surface area contributed by atoms with Gasteiger partial charge in [0.15, 0.2) is 0 Å². The first kappa shape index (κ1) is 13.4. The fraction of sp³-hybridized carbons (Fsp3) is 1.00. The quantitative estimate of drug-likeness (QED) is 0.791. The molecule has 2 heteroatoms. The molecule has 0 amide bonds. The van der Waals surface area contributed by atoms with Gasteiger partial charge >= 0.3 is 0 Å². The van der Waals surface area contributed by atoms with Crippen LogP contribution in [0.15, 0.2) is 0 Å². The molecule has 0 aliphatic heterocycles. The van der Waals surface area contributed by atoms with Crippen LogP contribution in [0.2, 0.25) is 0 Å². The van der Waals surface area contributed by atoms with Crippen molar-refractivity contribution < 1.29 is 0 Å². The normalized spacial score (nSPS) is 24.4. The first-order valence-electron chi connectivity index (χ1n) is 7.80. The molecule has 1 N–H and O–H groups in total. The molecule has 0 aromatic heterocycles. The third-order valence-corrected chi connectivity index (χ3v) is 4.70. The Kier molecular flexibility index (Phi) is 5.79. The molecular formula is C15H30N2. The maximum atomic E-state index is 3.75. The van der Waals surface area contributed by atoms with E-state index >= 15 is 0 Å². The van der Waals surface area contributed by atoms with E-state index in [1.807, 2.05) is 0 Å². The lowest BCUT2D eigenvalue weighted by atomic mass is 9.94. The first-order chi connectivity index (χ1) is 8.36. The van der Waals surface area contributed by atoms with E-state index in [0.29, 0.717) is 0 Å². The molecule has 2 fully saturated rings. The molecule has 2 aliphatic rings. The van der Waals surface area contributed by atoms with Crippen LogP contribution in [0.4, 0.5) is 0 Å². The van der Waals surface area contributed by atoms with Gasteiger partial charge in [-0.15, -0.1) is 0 Å². The minimum absolute atomic E-state index is 0.823. The van der Waals surface area contributed by atoms with Crippen LogP contribution in [0.1, 0.15) is 64.2 Å². The van der Waals surface area contributed by atoms with E-state index in [1.165, 1.54) is 77.3 Å². The van der Waals surface area contributed by atoms with E-state index in [4.69, 9.17) is 0 Å². The van der Waals surface area contributed by atoms with Gasteiger partial charge in [0.1, 0.15) is 0 Å². The molecule has 2 aliphatic carbocycles. The molecule has 0 aromatic rings. The van der Waals surface area contributed by atoms with E-state index in [2.05, 4.69) is 17.3 Å². The number of nitrogens with zero attached hydrogens (tertiary/aromatic N) is 1. The third-order valence-electron chi connectivity index (χ3n) is 4.70. The van der Waals surface area contributed by atoms with Gasteiger partial charge in [0, 0.05) is 25.2 Å². The Bertz CT molecular complexity index is 193. The van der Waals surface area contributed by atoms with Crippen molar-refractivity contribution in [2.45, 2.75) is 76.3 Å². The summed E-state index contributed by atoms with van der Waals surface area (Å²) < 4.78 is 0. The van der Waals surface area contributed by atoms with Crippen LogP contribution in [-0.4, -0.2) is 37.1 Å². The van der Waals surface area contributed by atoms with E-state index < -0.39 is 0 Å². The summed E-state index contributed by atoms with van der Waals surface area (Å²) in [6, 6.07) is 1.69. The third kappa shape index (κ3) is 4.59. The Hall–Kier alpha value is -0.0800. The Labute approximate surface area is 107 Å². The molecule has 0 spiro atoms. The summed E-state index contributed by atoms with van der Waals surface area (Å²) in [6.07, 6.45) is 14.4. The highest BCUT2D eigenvalue weighted by atomic mass is 15.1. The largest absolute Gasteiger partial charge is 0.313 e. The molecule has 0 saturated heterocycles. The summed E-state index contributed by atoms with van der Waals surface area (Å²) in [5, 5.41) is 3.75. The summed E-state index contributed by atoms with van der Waals surface area (Å²) >= 11 is 0. The van der Waals surface area contributed by atoms with Crippen molar-refractivity contribution in [3.05, 3.63) is 0 Å². The minimum atomic E-state index is 0.823. The maximum absolute atomic E-state index is 3.75. The summed E-state index contributed by atoms with van der Waals surface area (Å²) in [6.45, 7) is 2.43. The molecule has 0 bridgehead atoms. The predicted octanol–water partition coefficient (Wildman–Crippen LogP) is 3.17. The molecular weight excluding hydrogens is 208 g/mol. The molecule has 2 saturated carbocycles. The second kappa shape index (κ2) is 7.38. The zero-order chi connectivity index (χ0) is 11.9. The Morgan fingerprint density at radius 3 is 2.12 bits per heavy atom. The number of nitrogens with one attached hydrogen (secondary N) is 1. The van der Waals surface area contributed by atoms with Crippen LogP contribution in [0.25, 0.3) is 0 Å². The van der Waals surface area contributed by atoms with Crippen LogP contribution in [0.3, 0.4) is 0 Å². The monoisotopic (exact) mass is 238 g/mol. The lowest BCUT2D eigenvalue weighted by Gasteiger charge is -2.32. The van der Waals surface area contributed by atoms with Crippen LogP contribution in [0, 0.1) is 0 Å². The van der Waals surface area contributed by atoms with Gasteiger partial charge < -0.3 is 10.2 Å². The van der Waals surface area contributed by atoms with Crippen molar-refractivity contribution >= 4 is 0 Å². The highest BCUT2D eigenvalue weighted by molar-refractivity contribution is 4.76. The average molecular weight is 238 g/mol. The molecule has 100 valence electrons. The highest BCUT2D eigenvalue weighted by Gasteiger charge is 2.18. The second-order valence-corrected chi connectivity index (χ2v) is 6.06. The Morgan fingerprint density at radius 2 is 1.47 bits per heavy atom. The topological polar surface area (TPSA) is 15.3 Å². The molecule has 2 rings (SSSR count). The van der Waals surface area contributed by atoms with Gasteiger partial charge in [-0.05, 0) is 32.7 Å². The van der Waals surface area contributed by atoms with Gasteiger partial charge in [-0.1, -0.05) is 38.5 Å². The molecule has 0 aromatic carbocycles. The van der Waals surface area contributed by atoms with Gasteiger partial charge in [0.25, 0.3) is 0 Å². The van der Waals surface area contributed by atoms with Crippen molar-refractivity contribution in [1.29, 1.82) is 0 Å². The van der Waals surface area contributed by atoms with Crippen molar-refractivity contribution in [3.8, 4) is 0 Å². The van der Waals surface area contributed by atoms with Gasteiger partial charge in [-0.25, -0.2) is 0 Å². The van der Waals surface area contributed by atoms with E-state index in [1.54, 1.807) is 0 Å².